The predicted molar refractivity (Wildman–Crippen MR) is 80.3 cm³/mol. The Labute approximate surface area is 122 Å². The number of carbonyl (C=O) groups excluding carboxylic acids is 1. The third-order valence-electron chi connectivity index (χ3n) is 4.09. The van der Waals surface area contributed by atoms with Gasteiger partial charge in [0.2, 0.25) is 5.91 Å². The lowest BCUT2D eigenvalue weighted by Gasteiger charge is -2.18. The number of nitrogens with one attached hydrogen (secondary N) is 1. The molecule has 1 N–H and O–H groups in total. The minimum absolute atomic E-state index is 0.103. The molecule has 4 rings (SSSR count). The fourth-order valence-electron chi connectivity index (χ4n) is 3.04. The summed E-state index contributed by atoms with van der Waals surface area (Å²) in [5, 5.41) is 2.90. The van der Waals surface area contributed by atoms with Gasteiger partial charge in [-0.3, -0.25) is 14.8 Å². The van der Waals surface area contributed by atoms with Crippen molar-refractivity contribution in [2.75, 3.05) is 0 Å². The molecule has 4 heteroatoms. The molecule has 2 aromatic rings. The SMILES string of the molecule is Cc1cc(C2=NCc3cc4c(cc32)CNC(=O)C4)ccn1. The third kappa shape index (κ3) is 2.03. The third-order valence-corrected chi connectivity index (χ3v) is 4.09. The topological polar surface area (TPSA) is 54.4 Å². The zero-order valence-corrected chi connectivity index (χ0v) is 11.8. The zero-order valence-electron chi connectivity index (χ0n) is 11.8. The van der Waals surface area contributed by atoms with Crippen LogP contribution in [0.5, 0.6) is 0 Å². The van der Waals surface area contributed by atoms with Crippen molar-refractivity contribution < 1.29 is 4.79 Å². The second-order valence-electron chi connectivity index (χ2n) is 5.58. The van der Waals surface area contributed by atoms with Crippen molar-refractivity contribution >= 4 is 11.6 Å². The second-order valence-corrected chi connectivity index (χ2v) is 5.58. The first-order valence-electron chi connectivity index (χ1n) is 7.10. The maximum Gasteiger partial charge on any atom is 0.224 e. The molecule has 21 heavy (non-hydrogen) atoms. The number of aromatic nitrogens is 1. The van der Waals surface area contributed by atoms with Gasteiger partial charge in [-0.1, -0.05) is 6.07 Å². The molecule has 0 saturated carbocycles. The number of fused-ring (bicyclic) bond motifs is 2. The normalized spacial score (nSPS) is 16.0. The molecular weight excluding hydrogens is 262 g/mol. The lowest BCUT2D eigenvalue weighted by Crippen LogP contribution is -2.30. The summed E-state index contributed by atoms with van der Waals surface area (Å²) in [4.78, 5) is 20.4. The number of nitrogens with zero attached hydrogens (tertiary/aromatic N) is 2. The molecule has 1 aromatic heterocycles. The molecule has 0 bridgehead atoms. The van der Waals surface area contributed by atoms with Gasteiger partial charge in [0.1, 0.15) is 0 Å². The van der Waals surface area contributed by atoms with Crippen LogP contribution in [-0.4, -0.2) is 16.6 Å². The van der Waals surface area contributed by atoms with Crippen LogP contribution in [-0.2, 0) is 24.3 Å². The molecule has 2 aliphatic rings. The van der Waals surface area contributed by atoms with Gasteiger partial charge in [-0.05, 0) is 41.8 Å². The monoisotopic (exact) mass is 277 g/mol. The first-order chi connectivity index (χ1) is 10.2. The van der Waals surface area contributed by atoms with E-state index in [2.05, 4.69) is 33.5 Å². The lowest BCUT2D eigenvalue weighted by molar-refractivity contribution is -0.121. The molecular formula is C17H15N3O. The van der Waals surface area contributed by atoms with Gasteiger partial charge in [-0.25, -0.2) is 0 Å². The summed E-state index contributed by atoms with van der Waals surface area (Å²) in [7, 11) is 0. The highest BCUT2D eigenvalue weighted by molar-refractivity contribution is 6.15. The summed E-state index contributed by atoms with van der Waals surface area (Å²) in [5.41, 5.74) is 7.89. The molecule has 1 aromatic carbocycles. The van der Waals surface area contributed by atoms with Crippen LogP contribution in [0.3, 0.4) is 0 Å². The zero-order chi connectivity index (χ0) is 14.4. The molecule has 0 atom stereocenters. The van der Waals surface area contributed by atoms with Gasteiger partial charge in [-0.15, -0.1) is 0 Å². The smallest absolute Gasteiger partial charge is 0.224 e. The van der Waals surface area contributed by atoms with E-state index < -0.39 is 0 Å². The van der Waals surface area contributed by atoms with E-state index in [1.54, 1.807) is 0 Å². The summed E-state index contributed by atoms with van der Waals surface area (Å²) >= 11 is 0. The Balaban J connectivity index is 1.79. The van der Waals surface area contributed by atoms with Crippen LogP contribution in [0.4, 0.5) is 0 Å². The van der Waals surface area contributed by atoms with Gasteiger partial charge >= 0.3 is 0 Å². The van der Waals surface area contributed by atoms with Crippen LogP contribution in [0.15, 0.2) is 35.5 Å². The van der Waals surface area contributed by atoms with Crippen LogP contribution in [0.2, 0.25) is 0 Å². The minimum atomic E-state index is 0.103. The number of hydrogen-bond acceptors (Lipinski definition) is 3. The number of carbonyl (C=O) groups is 1. The quantitative estimate of drug-likeness (QED) is 0.865. The second kappa shape index (κ2) is 4.52. The standard InChI is InChI=1S/C17H15N3O/c1-10-4-11(2-3-18-10)17-15-6-13-8-19-16(21)7-12(13)5-14(15)9-20-17/h2-6H,7-9H2,1H3,(H,19,21). The number of pyridine rings is 1. The summed E-state index contributed by atoms with van der Waals surface area (Å²) in [6, 6.07) is 8.40. The number of rotatable bonds is 1. The molecule has 0 spiro atoms. The number of benzene rings is 1. The first-order valence-corrected chi connectivity index (χ1v) is 7.10. The molecule has 3 heterocycles. The highest BCUT2D eigenvalue weighted by Gasteiger charge is 2.23. The molecule has 0 saturated heterocycles. The fourth-order valence-corrected chi connectivity index (χ4v) is 3.04. The van der Waals surface area contributed by atoms with Gasteiger partial charge in [0, 0.05) is 29.6 Å². The Morgan fingerprint density at radius 3 is 2.90 bits per heavy atom. The highest BCUT2D eigenvalue weighted by atomic mass is 16.1. The molecule has 2 aliphatic heterocycles. The average Bonchev–Trinajstić information content (AvgIpc) is 2.87. The Morgan fingerprint density at radius 1 is 1.14 bits per heavy atom. The van der Waals surface area contributed by atoms with Crippen LogP contribution in [0, 0.1) is 6.92 Å². The maximum absolute atomic E-state index is 11.5. The van der Waals surface area contributed by atoms with Crippen molar-refractivity contribution in [1.82, 2.24) is 10.3 Å². The molecule has 0 radical (unpaired) electrons. The Morgan fingerprint density at radius 2 is 2.05 bits per heavy atom. The van der Waals surface area contributed by atoms with Crippen molar-refractivity contribution in [2.24, 2.45) is 4.99 Å². The van der Waals surface area contributed by atoms with E-state index >= 15 is 0 Å². The number of aryl methyl sites for hydroxylation is 1. The summed E-state index contributed by atoms with van der Waals surface area (Å²) in [6.07, 6.45) is 2.30. The van der Waals surface area contributed by atoms with Crippen molar-refractivity contribution in [3.8, 4) is 0 Å². The lowest BCUT2D eigenvalue weighted by atomic mass is 9.92. The Kier molecular flexibility index (Phi) is 2.64. The minimum Gasteiger partial charge on any atom is -0.352 e. The number of hydrogen-bond donors (Lipinski definition) is 1. The average molecular weight is 277 g/mol. The van der Waals surface area contributed by atoms with Gasteiger partial charge in [0.05, 0.1) is 18.7 Å². The molecule has 104 valence electrons. The van der Waals surface area contributed by atoms with Crippen LogP contribution >= 0.6 is 0 Å². The summed E-state index contributed by atoms with van der Waals surface area (Å²) < 4.78 is 0. The van der Waals surface area contributed by atoms with Crippen LogP contribution in [0.1, 0.15) is 33.5 Å². The number of amides is 1. The van der Waals surface area contributed by atoms with Crippen LogP contribution < -0.4 is 5.32 Å². The van der Waals surface area contributed by atoms with Crippen molar-refractivity contribution in [1.29, 1.82) is 0 Å². The fraction of sp³-hybridized carbons (Fsp3) is 0.235. The van der Waals surface area contributed by atoms with Gasteiger partial charge < -0.3 is 5.32 Å². The molecule has 0 aliphatic carbocycles. The number of aliphatic imine (C=N–C) groups is 1. The molecule has 0 unspecified atom stereocenters. The van der Waals surface area contributed by atoms with Gasteiger partial charge in [-0.2, -0.15) is 0 Å². The van der Waals surface area contributed by atoms with E-state index in [9.17, 15) is 4.79 Å². The van der Waals surface area contributed by atoms with Crippen molar-refractivity contribution in [3.05, 3.63) is 64.0 Å². The van der Waals surface area contributed by atoms with Crippen molar-refractivity contribution in [3.63, 3.8) is 0 Å². The predicted octanol–water partition coefficient (Wildman–Crippen LogP) is 1.91. The highest BCUT2D eigenvalue weighted by Crippen LogP contribution is 2.28. The largest absolute Gasteiger partial charge is 0.352 e. The first kappa shape index (κ1) is 12.3. The van der Waals surface area contributed by atoms with E-state index in [-0.39, 0.29) is 5.91 Å². The van der Waals surface area contributed by atoms with E-state index in [0.29, 0.717) is 19.5 Å². The molecule has 0 fully saturated rings. The van der Waals surface area contributed by atoms with Gasteiger partial charge in [0.25, 0.3) is 0 Å². The van der Waals surface area contributed by atoms with Gasteiger partial charge in [0.15, 0.2) is 0 Å². The summed E-state index contributed by atoms with van der Waals surface area (Å²) in [5.74, 6) is 0.103. The van der Waals surface area contributed by atoms with Crippen LogP contribution in [0.25, 0.3) is 0 Å². The molecule has 4 nitrogen and oxygen atoms in total. The van der Waals surface area contributed by atoms with Crippen molar-refractivity contribution in [2.45, 2.75) is 26.4 Å². The van der Waals surface area contributed by atoms with E-state index in [1.807, 2.05) is 19.2 Å². The van der Waals surface area contributed by atoms with E-state index in [1.165, 1.54) is 16.7 Å². The Bertz CT molecular complexity index is 793. The van der Waals surface area contributed by atoms with E-state index in [0.717, 1.165) is 22.5 Å². The molecule has 1 amide bonds. The van der Waals surface area contributed by atoms with E-state index in [4.69, 9.17) is 0 Å². The maximum atomic E-state index is 11.5. The summed E-state index contributed by atoms with van der Waals surface area (Å²) in [6.45, 7) is 3.30. The Hall–Kier alpha value is -2.49.